The summed E-state index contributed by atoms with van der Waals surface area (Å²) in [7, 11) is 0. The molecule has 3 aliphatic heterocycles. The molecule has 6 nitrogen and oxygen atoms in total. The first-order valence-electron chi connectivity index (χ1n) is 10.1. The van der Waals surface area contributed by atoms with Gasteiger partial charge in [0.2, 0.25) is 5.91 Å². The highest BCUT2D eigenvalue weighted by molar-refractivity contribution is 8.00. The molecular formula is C20H27FN4O2S. The van der Waals surface area contributed by atoms with Crippen molar-refractivity contribution >= 4 is 29.4 Å². The largest absolute Gasteiger partial charge is 0.368 e. The number of thioether (sulfide) groups is 1. The number of carbonyl (C=O) groups excluding carboxylic acids is 2. The van der Waals surface area contributed by atoms with Gasteiger partial charge in [-0.25, -0.2) is 9.18 Å². The first-order chi connectivity index (χ1) is 13.6. The first-order valence-corrected chi connectivity index (χ1v) is 11.1. The van der Waals surface area contributed by atoms with Gasteiger partial charge < -0.3 is 20.4 Å². The number of benzene rings is 1. The van der Waals surface area contributed by atoms with Crippen LogP contribution in [0.15, 0.2) is 24.3 Å². The second-order valence-electron chi connectivity index (χ2n) is 7.71. The number of hydrogen-bond acceptors (Lipinski definition) is 4. The molecular weight excluding hydrogens is 379 g/mol. The zero-order valence-electron chi connectivity index (χ0n) is 15.9. The number of nitrogens with zero attached hydrogens (tertiary/aromatic N) is 2. The summed E-state index contributed by atoms with van der Waals surface area (Å²) < 4.78 is 13.1. The summed E-state index contributed by atoms with van der Waals surface area (Å²) in [5, 5.41) is 6.43. The Labute approximate surface area is 169 Å². The van der Waals surface area contributed by atoms with Gasteiger partial charge in [-0.2, -0.15) is 11.8 Å². The molecule has 3 atom stereocenters. The van der Waals surface area contributed by atoms with Crippen molar-refractivity contribution < 1.29 is 14.0 Å². The average Bonchev–Trinajstić information content (AvgIpc) is 3.25. The summed E-state index contributed by atoms with van der Waals surface area (Å²) in [6.45, 7) is 3.00. The molecule has 0 unspecified atom stereocenters. The fourth-order valence-corrected chi connectivity index (χ4v) is 5.83. The van der Waals surface area contributed by atoms with Crippen molar-refractivity contribution in [2.45, 2.75) is 43.0 Å². The van der Waals surface area contributed by atoms with Crippen molar-refractivity contribution in [1.82, 2.24) is 15.5 Å². The second-order valence-corrected chi connectivity index (χ2v) is 8.98. The van der Waals surface area contributed by atoms with Gasteiger partial charge in [0.05, 0.1) is 12.1 Å². The van der Waals surface area contributed by atoms with E-state index in [0.717, 1.165) is 56.9 Å². The Kier molecular flexibility index (Phi) is 5.94. The van der Waals surface area contributed by atoms with Gasteiger partial charge in [0.1, 0.15) is 5.82 Å². The molecule has 1 aromatic carbocycles. The molecule has 0 bridgehead atoms. The zero-order valence-corrected chi connectivity index (χ0v) is 16.7. The van der Waals surface area contributed by atoms with E-state index in [9.17, 15) is 14.0 Å². The lowest BCUT2D eigenvalue weighted by atomic mass is 10.0. The minimum atomic E-state index is -0.226. The van der Waals surface area contributed by atoms with Gasteiger partial charge in [0.25, 0.3) is 0 Å². The van der Waals surface area contributed by atoms with Crippen molar-refractivity contribution in [2.75, 3.05) is 36.8 Å². The maximum atomic E-state index is 13.1. The summed E-state index contributed by atoms with van der Waals surface area (Å²) in [6, 6.07) is 7.00. The molecule has 0 radical (unpaired) electrons. The third kappa shape index (κ3) is 4.37. The third-order valence-corrected chi connectivity index (χ3v) is 7.40. The van der Waals surface area contributed by atoms with Crippen LogP contribution in [-0.4, -0.2) is 66.1 Å². The SMILES string of the molecule is O=C1N[C@H]2[C@H](CS[C@H]2CCCCC(=O)N2CCN(c3ccc(F)cc3)CC2)N1. The number of fused-ring (bicyclic) bond motifs is 1. The quantitative estimate of drug-likeness (QED) is 0.562. The number of nitrogens with one attached hydrogen (secondary N) is 2. The van der Waals surface area contributed by atoms with E-state index in [1.54, 1.807) is 12.1 Å². The van der Waals surface area contributed by atoms with Crippen LogP contribution in [0, 0.1) is 5.82 Å². The summed E-state index contributed by atoms with van der Waals surface area (Å²) in [5.74, 6) is 0.980. The number of amides is 3. The third-order valence-electron chi connectivity index (χ3n) is 5.89. The van der Waals surface area contributed by atoms with Gasteiger partial charge in [0.15, 0.2) is 0 Å². The molecule has 3 fully saturated rings. The Morgan fingerprint density at radius 3 is 2.61 bits per heavy atom. The van der Waals surface area contributed by atoms with Crippen molar-refractivity contribution in [2.24, 2.45) is 0 Å². The lowest BCUT2D eigenvalue weighted by Gasteiger charge is -2.36. The Balaban J connectivity index is 1.14. The van der Waals surface area contributed by atoms with E-state index < -0.39 is 0 Å². The van der Waals surface area contributed by atoms with Crippen molar-refractivity contribution in [1.29, 1.82) is 0 Å². The van der Waals surface area contributed by atoms with E-state index in [2.05, 4.69) is 15.5 Å². The van der Waals surface area contributed by atoms with Gasteiger partial charge in [-0.1, -0.05) is 6.42 Å². The van der Waals surface area contributed by atoms with Crippen molar-refractivity contribution in [3.05, 3.63) is 30.1 Å². The maximum absolute atomic E-state index is 13.1. The van der Waals surface area contributed by atoms with Gasteiger partial charge in [-0.05, 0) is 37.1 Å². The molecule has 8 heteroatoms. The molecule has 3 aliphatic rings. The Morgan fingerprint density at radius 1 is 1.11 bits per heavy atom. The number of halogens is 1. The minimum Gasteiger partial charge on any atom is -0.368 e. The van der Waals surface area contributed by atoms with E-state index in [-0.39, 0.29) is 29.8 Å². The molecule has 28 heavy (non-hydrogen) atoms. The fourth-order valence-electron chi connectivity index (χ4n) is 4.29. The zero-order chi connectivity index (χ0) is 19.5. The van der Waals surface area contributed by atoms with Crippen LogP contribution in [0.1, 0.15) is 25.7 Å². The summed E-state index contributed by atoms with van der Waals surface area (Å²) >= 11 is 1.92. The number of piperazine rings is 1. The number of unbranched alkanes of at least 4 members (excludes halogenated alkanes) is 1. The second kappa shape index (κ2) is 8.59. The highest BCUT2D eigenvalue weighted by Crippen LogP contribution is 2.33. The van der Waals surface area contributed by atoms with Crippen LogP contribution >= 0.6 is 11.8 Å². The van der Waals surface area contributed by atoms with Gasteiger partial charge in [0, 0.05) is 49.3 Å². The highest BCUT2D eigenvalue weighted by Gasteiger charge is 2.42. The van der Waals surface area contributed by atoms with Gasteiger partial charge >= 0.3 is 6.03 Å². The summed E-state index contributed by atoms with van der Waals surface area (Å²) in [6.07, 6.45) is 3.54. The molecule has 0 aliphatic carbocycles. The molecule has 4 rings (SSSR count). The van der Waals surface area contributed by atoms with Crippen LogP contribution in [0.3, 0.4) is 0 Å². The number of rotatable bonds is 6. The van der Waals surface area contributed by atoms with Crippen LogP contribution < -0.4 is 15.5 Å². The van der Waals surface area contributed by atoms with Crippen LogP contribution in [0.25, 0.3) is 0 Å². The topological polar surface area (TPSA) is 64.7 Å². The minimum absolute atomic E-state index is 0.0461. The molecule has 3 heterocycles. The molecule has 3 amide bonds. The number of urea groups is 1. The predicted molar refractivity (Wildman–Crippen MR) is 109 cm³/mol. The normalized spacial score (nSPS) is 26.8. The first kappa shape index (κ1) is 19.4. The van der Waals surface area contributed by atoms with Crippen molar-refractivity contribution in [3.63, 3.8) is 0 Å². The number of hydrogen-bond donors (Lipinski definition) is 2. The number of anilines is 1. The summed E-state index contributed by atoms with van der Waals surface area (Å²) in [5.41, 5.74) is 1.01. The van der Waals surface area contributed by atoms with Crippen LogP contribution in [-0.2, 0) is 4.79 Å². The van der Waals surface area contributed by atoms with Crippen molar-refractivity contribution in [3.8, 4) is 0 Å². The molecule has 0 aromatic heterocycles. The van der Waals surface area contributed by atoms with E-state index in [1.807, 2.05) is 16.7 Å². The smallest absolute Gasteiger partial charge is 0.315 e. The van der Waals surface area contributed by atoms with Crippen LogP contribution in [0.2, 0.25) is 0 Å². The molecule has 0 saturated carbocycles. The fraction of sp³-hybridized carbons (Fsp3) is 0.600. The maximum Gasteiger partial charge on any atom is 0.315 e. The molecule has 2 N–H and O–H groups in total. The lowest BCUT2D eigenvalue weighted by Crippen LogP contribution is -2.48. The van der Waals surface area contributed by atoms with E-state index >= 15 is 0 Å². The molecule has 152 valence electrons. The predicted octanol–water partition coefficient (Wildman–Crippen LogP) is 2.20. The highest BCUT2D eigenvalue weighted by atomic mass is 32.2. The Hall–Kier alpha value is -1.96. The summed E-state index contributed by atoms with van der Waals surface area (Å²) in [4.78, 5) is 28.1. The molecule has 0 spiro atoms. The molecule has 1 aromatic rings. The van der Waals surface area contributed by atoms with E-state index in [4.69, 9.17) is 0 Å². The Bertz CT molecular complexity index is 709. The molecule has 3 saturated heterocycles. The van der Waals surface area contributed by atoms with E-state index in [0.29, 0.717) is 11.7 Å². The standard InChI is InChI=1S/C20H27FN4O2S/c21-14-5-7-15(8-6-14)24-9-11-25(12-10-24)18(26)4-2-1-3-17-19-16(13-28-17)22-20(27)23-19/h5-8,16-17,19H,1-4,9-13H2,(H2,22,23,27)/t16-,17-,19-/m0/s1. The Morgan fingerprint density at radius 2 is 1.86 bits per heavy atom. The lowest BCUT2D eigenvalue weighted by molar-refractivity contribution is -0.131. The van der Waals surface area contributed by atoms with Crippen LogP contribution in [0.5, 0.6) is 0 Å². The van der Waals surface area contributed by atoms with Gasteiger partial charge in [-0.15, -0.1) is 0 Å². The monoisotopic (exact) mass is 406 g/mol. The van der Waals surface area contributed by atoms with Gasteiger partial charge in [-0.3, -0.25) is 4.79 Å². The number of carbonyl (C=O) groups is 2. The average molecular weight is 407 g/mol. The van der Waals surface area contributed by atoms with Crippen LogP contribution in [0.4, 0.5) is 14.9 Å². The van der Waals surface area contributed by atoms with E-state index in [1.165, 1.54) is 12.1 Å².